The quantitative estimate of drug-likeness (QED) is 0.691. The number of halogens is 3. The zero-order chi connectivity index (χ0) is 11.3. The Morgan fingerprint density at radius 1 is 1.13 bits per heavy atom. The summed E-state index contributed by atoms with van der Waals surface area (Å²) in [4.78, 5) is 0. The van der Waals surface area contributed by atoms with Crippen LogP contribution >= 0.6 is 0 Å². The Hall–Kier alpha value is -1.04. The van der Waals surface area contributed by atoms with Crippen LogP contribution in [0.1, 0.15) is 16.7 Å². The van der Waals surface area contributed by atoms with Gasteiger partial charge in [-0.15, -0.1) is 0 Å². The van der Waals surface area contributed by atoms with Crippen LogP contribution in [0.15, 0.2) is 18.2 Å². The minimum absolute atomic E-state index is 0.0926. The maximum atomic E-state index is 12.5. The van der Waals surface area contributed by atoms with Gasteiger partial charge in [0, 0.05) is 0 Å². The Morgan fingerprint density at radius 2 is 1.80 bits per heavy atom. The highest BCUT2D eigenvalue weighted by atomic mass is 32.2. The molecule has 0 amide bonds. The van der Waals surface area contributed by atoms with Crippen molar-refractivity contribution in [3.63, 3.8) is 0 Å². The molecule has 0 aliphatic carbocycles. The average molecular weight is 236 g/mol. The van der Waals surface area contributed by atoms with Gasteiger partial charge in [0.15, 0.2) is 9.84 Å². The smallest absolute Gasteiger partial charge is 0.228 e. The fraction of sp³-hybridized carbons (Fsp3) is 0.333. The van der Waals surface area contributed by atoms with Crippen LogP contribution in [0.3, 0.4) is 0 Å². The van der Waals surface area contributed by atoms with Crippen molar-refractivity contribution in [3.8, 4) is 0 Å². The van der Waals surface area contributed by atoms with Gasteiger partial charge in [-0.25, -0.2) is 8.42 Å². The van der Waals surface area contributed by atoms with Crippen molar-refractivity contribution < 1.29 is 21.6 Å². The fourth-order valence-corrected chi connectivity index (χ4v) is 3.34. The molecule has 0 saturated carbocycles. The lowest BCUT2D eigenvalue weighted by atomic mass is 10.0. The summed E-state index contributed by atoms with van der Waals surface area (Å²) in [6, 6.07) is 3.58. The van der Waals surface area contributed by atoms with Crippen molar-refractivity contribution in [2.45, 2.75) is 17.7 Å². The molecular formula is C9H7F3O2S. The van der Waals surface area contributed by atoms with Crippen LogP contribution in [0.25, 0.3) is 0 Å². The molecule has 82 valence electrons. The van der Waals surface area contributed by atoms with Crippen LogP contribution in [-0.4, -0.2) is 8.42 Å². The molecule has 1 aliphatic rings. The minimum atomic E-state index is -4.48. The number of benzene rings is 1. The van der Waals surface area contributed by atoms with Gasteiger partial charge in [0.2, 0.25) is 0 Å². The van der Waals surface area contributed by atoms with E-state index < -0.39 is 27.3 Å². The second-order valence-corrected chi connectivity index (χ2v) is 5.54. The summed E-state index contributed by atoms with van der Waals surface area (Å²) in [7, 11) is -3.39. The van der Waals surface area contributed by atoms with E-state index in [4.69, 9.17) is 0 Å². The Labute approximate surface area is 84.6 Å². The van der Waals surface area contributed by atoms with E-state index in [9.17, 15) is 21.6 Å². The first-order chi connectivity index (χ1) is 6.80. The van der Waals surface area contributed by atoms with Crippen LogP contribution in [0.2, 0.25) is 0 Å². The molecule has 1 heterocycles. The Bertz CT molecular complexity index is 503. The standard InChI is InChI=1S/C9H7F3O2S/c10-9(11,12)8-3-1-2-6-4-15(13,14)5-7(6)8/h1-3H,4-5H2. The van der Waals surface area contributed by atoms with Gasteiger partial charge in [0.05, 0.1) is 17.1 Å². The maximum absolute atomic E-state index is 12.5. The first-order valence-electron chi connectivity index (χ1n) is 4.18. The zero-order valence-electron chi connectivity index (χ0n) is 7.50. The van der Waals surface area contributed by atoms with Gasteiger partial charge < -0.3 is 0 Å². The maximum Gasteiger partial charge on any atom is 0.416 e. The molecule has 6 heteroatoms. The summed E-state index contributed by atoms with van der Waals surface area (Å²) in [5, 5.41) is 0. The summed E-state index contributed by atoms with van der Waals surface area (Å²) < 4.78 is 59.9. The van der Waals surface area contributed by atoms with Crippen molar-refractivity contribution in [2.75, 3.05) is 0 Å². The lowest BCUT2D eigenvalue weighted by Crippen LogP contribution is -2.09. The molecule has 1 aromatic rings. The second kappa shape index (κ2) is 2.98. The Balaban J connectivity index is 2.61. The minimum Gasteiger partial charge on any atom is -0.228 e. The van der Waals surface area contributed by atoms with Crippen molar-refractivity contribution in [1.82, 2.24) is 0 Å². The summed E-state index contributed by atoms with van der Waals surface area (Å²) in [5.74, 6) is -0.787. The summed E-state index contributed by atoms with van der Waals surface area (Å²) in [5.41, 5.74) is -0.657. The van der Waals surface area contributed by atoms with E-state index in [-0.39, 0.29) is 16.9 Å². The van der Waals surface area contributed by atoms with E-state index in [1.54, 1.807) is 0 Å². The summed E-state index contributed by atoms with van der Waals surface area (Å²) in [6.45, 7) is 0. The molecule has 0 bridgehead atoms. The molecule has 2 nitrogen and oxygen atoms in total. The number of fused-ring (bicyclic) bond motifs is 1. The van der Waals surface area contributed by atoms with E-state index in [0.29, 0.717) is 0 Å². The van der Waals surface area contributed by atoms with Gasteiger partial charge in [-0.1, -0.05) is 12.1 Å². The number of sulfone groups is 1. The van der Waals surface area contributed by atoms with Crippen molar-refractivity contribution >= 4 is 9.84 Å². The summed E-state index contributed by atoms with van der Waals surface area (Å²) >= 11 is 0. The topological polar surface area (TPSA) is 34.1 Å². The molecule has 1 aromatic carbocycles. The molecule has 0 aromatic heterocycles. The predicted octanol–water partition coefficient (Wildman–Crippen LogP) is 2.13. The van der Waals surface area contributed by atoms with Crippen LogP contribution < -0.4 is 0 Å². The molecule has 1 aliphatic heterocycles. The fourth-order valence-electron chi connectivity index (χ4n) is 1.71. The molecule has 0 spiro atoms. The Morgan fingerprint density at radius 3 is 2.40 bits per heavy atom. The first kappa shape index (κ1) is 10.5. The SMILES string of the molecule is O=S1(=O)Cc2cccc(C(F)(F)F)c2C1. The van der Waals surface area contributed by atoms with E-state index in [1.165, 1.54) is 12.1 Å². The van der Waals surface area contributed by atoms with E-state index >= 15 is 0 Å². The van der Waals surface area contributed by atoms with Crippen molar-refractivity contribution in [1.29, 1.82) is 0 Å². The number of rotatable bonds is 0. The van der Waals surface area contributed by atoms with E-state index in [0.717, 1.165) is 6.07 Å². The van der Waals surface area contributed by atoms with Gasteiger partial charge >= 0.3 is 6.18 Å². The van der Waals surface area contributed by atoms with E-state index in [1.807, 2.05) is 0 Å². The molecule has 0 saturated heterocycles. The molecule has 15 heavy (non-hydrogen) atoms. The average Bonchev–Trinajstić information content (AvgIpc) is 2.35. The van der Waals surface area contributed by atoms with Gasteiger partial charge in [0.1, 0.15) is 0 Å². The van der Waals surface area contributed by atoms with Crippen LogP contribution in [0.5, 0.6) is 0 Å². The van der Waals surface area contributed by atoms with Crippen LogP contribution in [0, 0.1) is 0 Å². The predicted molar refractivity (Wildman–Crippen MR) is 47.8 cm³/mol. The zero-order valence-corrected chi connectivity index (χ0v) is 8.32. The van der Waals surface area contributed by atoms with Crippen LogP contribution in [-0.2, 0) is 27.5 Å². The number of alkyl halides is 3. The lowest BCUT2D eigenvalue weighted by Gasteiger charge is -2.10. The third-order valence-electron chi connectivity index (χ3n) is 2.32. The molecule has 0 N–H and O–H groups in total. The molecule has 0 unspecified atom stereocenters. The van der Waals surface area contributed by atoms with Crippen molar-refractivity contribution in [3.05, 3.63) is 34.9 Å². The monoisotopic (exact) mass is 236 g/mol. The van der Waals surface area contributed by atoms with Crippen molar-refractivity contribution in [2.24, 2.45) is 0 Å². The normalized spacial score (nSPS) is 18.9. The highest BCUT2D eigenvalue weighted by Crippen LogP contribution is 2.37. The summed E-state index contributed by atoms with van der Waals surface area (Å²) in [6.07, 6.45) is -4.48. The van der Waals surface area contributed by atoms with Crippen LogP contribution in [0.4, 0.5) is 13.2 Å². The number of hydrogen-bond donors (Lipinski definition) is 0. The largest absolute Gasteiger partial charge is 0.416 e. The van der Waals surface area contributed by atoms with Gasteiger partial charge in [-0.2, -0.15) is 13.2 Å². The van der Waals surface area contributed by atoms with Gasteiger partial charge in [-0.3, -0.25) is 0 Å². The molecule has 0 atom stereocenters. The highest BCUT2D eigenvalue weighted by molar-refractivity contribution is 7.90. The first-order valence-corrected chi connectivity index (χ1v) is 6.00. The highest BCUT2D eigenvalue weighted by Gasteiger charge is 2.38. The van der Waals surface area contributed by atoms with Gasteiger partial charge in [-0.05, 0) is 17.2 Å². The Kier molecular flexibility index (Phi) is 2.08. The number of hydrogen-bond acceptors (Lipinski definition) is 2. The molecule has 0 radical (unpaired) electrons. The molecule has 2 rings (SSSR count). The second-order valence-electron chi connectivity index (χ2n) is 3.47. The van der Waals surface area contributed by atoms with Gasteiger partial charge in [0.25, 0.3) is 0 Å². The van der Waals surface area contributed by atoms with E-state index in [2.05, 4.69) is 0 Å². The third kappa shape index (κ3) is 1.86. The third-order valence-corrected chi connectivity index (χ3v) is 3.80. The lowest BCUT2D eigenvalue weighted by molar-refractivity contribution is -0.138. The molecule has 0 fully saturated rings. The molecular weight excluding hydrogens is 229 g/mol.